The van der Waals surface area contributed by atoms with Crippen LogP contribution in [0.4, 0.5) is 0 Å². The topological polar surface area (TPSA) is 49.6 Å². The second-order valence-electron chi connectivity index (χ2n) is 5.82. The highest BCUT2D eigenvalue weighted by Crippen LogP contribution is 2.17. The van der Waals surface area contributed by atoms with E-state index in [0.29, 0.717) is 0 Å². The maximum Gasteiger partial charge on any atom is 0.246 e. The minimum absolute atomic E-state index is 0.0891. The van der Waals surface area contributed by atoms with Crippen molar-refractivity contribution < 1.29 is 9.32 Å². The maximum absolute atomic E-state index is 12.2. The molecule has 0 saturated carbocycles. The fraction of sp³-hybridized carbons (Fsp3) is 0.412. The Kier molecular flexibility index (Phi) is 4.93. The quantitative estimate of drug-likeness (QED) is 0.808. The third kappa shape index (κ3) is 4.30. The summed E-state index contributed by atoms with van der Waals surface area (Å²) in [5, 5.41) is 3.91. The van der Waals surface area contributed by atoms with Crippen LogP contribution < -0.4 is 0 Å². The molecule has 0 spiro atoms. The summed E-state index contributed by atoms with van der Waals surface area (Å²) in [6, 6.07) is 6.07. The molecule has 0 unspecified atom stereocenters. The summed E-state index contributed by atoms with van der Waals surface area (Å²) in [6.07, 6.45) is 3.59. The molecule has 0 aliphatic carbocycles. The summed E-state index contributed by atoms with van der Waals surface area (Å²) in [5.74, 6) is 0.974. The Morgan fingerprint density at radius 2 is 2.09 bits per heavy atom. The molecule has 1 amide bonds. The third-order valence-electron chi connectivity index (χ3n) is 3.89. The average molecular weight is 331 g/mol. The first-order chi connectivity index (χ1) is 11.1. The van der Waals surface area contributed by atoms with Gasteiger partial charge >= 0.3 is 0 Å². The minimum Gasteiger partial charge on any atom is -0.360 e. The number of carbonyl (C=O) groups is 1. The Hall–Kier alpha value is -1.92. The summed E-state index contributed by atoms with van der Waals surface area (Å²) < 4.78 is 5.25. The van der Waals surface area contributed by atoms with Crippen LogP contribution in [0.25, 0.3) is 6.08 Å². The van der Waals surface area contributed by atoms with Crippen LogP contribution in [-0.4, -0.2) is 47.0 Å². The van der Waals surface area contributed by atoms with Crippen molar-refractivity contribution in [2.75, 3.05) is 26.2 Å². The summed E-state index contributed by atoms with van der Waals surface area (Å²) in [6.45, 7) is 7.96. The summed E-state index contributed by atoms with van der Waals surface area (Å²) in [5.41, 5.74) is 0.905. The molecular formula is C17H21N3O2S. The fourth-order valence-electron chi connectivity index (χ4n) is 2.64. The van der Waals surface area contributed by atoms with Crippen molar-refractivity contribution in [1.29, 1.82) is 0 Å². The smallest absolute Gasteiger partial charge is 0.246 e. The molecule has 0 aromatic carbocycles. The molecular weight excluding hydrogens is 310 g/mol. The predicted molar refractivity (Wildman–Crippen MR) is 91.2 cm³/mol. The highest BCUT2D eigenvalue weighted by Gasteiger charge is 2.20. The number of nitrogens with zero attached hydrogens (tertiary/aromatic N) is 3. The summed E-state index contributed by atoms with van der Waals surface area (Å²) in [4.78, 5) is 18.8. The molecule has 0 bridgehead atoms. The molecule has 0 N–H and O–H groups in total. The minimum atomic E-state index is 0.0891. The van der Waals surface area contributed by atoms with Gasteiger partial charge in [0.05, 0.1) is 12.2 Å². The Morgan fingerprint density at radius 3 is 2.70 bits per heavy atom. The lowest BCUT2D eigenvalue weighted by molar-refractivity contribution is -0.127. The van der Waals surface area contributed by atoms with Crippen LogP contribution in [0.3, 0.4) is 0 Å². The van der Waals surface area contributed by atoms with Crippen LogP contribution in [0.2, 0.25) is 0 Å². The van der Waals surface area contributed by atoms with Crippen LogP contribution in [0.1, 0.15) is 21.2 Å². The number of aromatic nitrogens is 1. The van der Waals surface area contributed by atoms with Gasteiger partial charge in [-0.2, -0.15) is 0 Å². The van der Waals surface area contributed by atoms with Crippen molar-refractivity contribution in [3.8, 4) is 0 Å². The number of thiophene rings is 1. The Labute approximate surface area is 140 Å². The number of aryl methyl sites for hydroxylation is 2. The first kappa shape index (κ1) is 16.0. The number of piperazine rings is 1. The van der Waals surface area contributed by atoms with E-state index in [-0.39, 0.29) is 5.91 Å². The Morgan fingerprint density at radius 1 is 1.30 bits per heavy atom. The van der Waals surface area contributed by atoms with Crippen molar-refractivity contribution in [1.82, 2.24) is 15.0 Å². The summed E-state index contributed by atoms with van der Waals surface area (Å²) in [7, 11) is 0. The van der Waals surface area contributed by atoms with Gasteiger partial charge in [0, 0.05) is 48.1 Å². The highest BCUT2D eigenvalue weighted by molar-refractivity contribution is 7.12. The van der Waals surface area contributed by atoms with Crippen molar-refractivity contribution in [2.24, 2.45) is 0 Å². The normalized spacial score (nSPS) is 16.3. The lowest BCUT2D eigenvalue weighted by atomic mass is 10.2. The monoisotopic (exact) mass is 331 g/mol. The van der Waals surface area contributed by atoms with Crippen molar-refractivity contribution >= 4 is 23.3 Å². The Balaban J connectivity index is 1.48. The van der Waals surface area contributed by atoms with Crippen molar-refractivity contribution in [3.63, 3.8) is 0 Å². The second-order valence-corrected chi connectivity index (χ2v) is 7.14. The third-order valence-corrected chi connectivity index (χ3v) is 4.86. The lowest BCUT2D eigenvalue weighted by Crippen LogP contribution is -2.47. The number of amides is 1. The van der Waals surface area contributed by atoms with Gasteiger partial charge in [-0.3, -0.25) is 9.69 Å². The van der Waals surface area contributed by atoms with Crippen LogP contribution in [0.5, 0.6) is 0 Å². The van der Waals surface area contributed by atoms with E-state index in [4.69, 9.17) is 4.52 Å². The van der Waals surface area contributed by atoms with E-state index in [2.05, 4.69) is 23.0 Å². The lowest BCUT2D eigenvalue weighted by Gasteiger charge is -2.33. The first-order valence-electron chi connectivity index (χ1n) is 7.78. The molecule has 2 aromatic heterocycles. The van der Waals surface area contributed by atoms with Crippen molar-refractivity contribution in [2.45, 2.75) is 20.4 Å². The zero-order chi connectivity index (χ0) is 16.2. The molecule has 3 heterocycles. The first-order valence-corrected chi connectivity index (χ1v) is 8.60. The van der Waals surface area contributed by atoms with E-state index in [9.17, 15) is 4.79 Å². The molecule has 0 radical (unpaired) electrons. The molecule has 1 saturated heterocycles. The molecule has 5 nitrogen and oxygen atoms in total. The van der Waals surface area contributed by atoms with Crippen LogP contribution >= 0.6 is 11.3 Å². The number of rotatable bonds is 4. The SMILES string of the molecule is Cc1cc(CN2CCN(C(=O)/C=C/c3ccc(C)s3)CC2)on1. The molecule has 1 fully saturated rings. The maximum atomic E-state index is 12.2. The molecule has 0 atom stereocenters. The standard InChI is InChI=1S/C17H21N3O2S/c1-13-11-15(22-18-13)12-19-7-9-20(10-8-19)17(21)6-5-16-4-3-14(2)23-16/h3-6,11H,7-10,12H2,1-2H3/b6-5+. The van der Waals surface area contributed by atoms with Crippen LogP contribution in [-0.2, 0) is 11.3 Å². The van der Waals surface area contributed by atoms with Crippen molar-refractivity contribution in [3.05, 3.63) is 45.5 Å². The van der Waals surface area contributed by atoms with E-state index in [0.717, 1.165) is 49.1 Å². The number of carbonyl (C=O) groups excluding carboxylic acids is 1. The van der Waals surface area contributed by atoms with E-state index in [1.165, 1.54) is 4.88 Å². The highest BCUT2D eigenvalue weighted by atomic mass is 32.1. The predicted octanol–water partition coefficient (Wildman–Crippen LogP) is 2.71. The molecule has 122 valence electrons. The van der Waals surface area contributed by atoms with E-state index >= 15 is 0 Å². The van der Waals surface area contributed by atoms with Gasteiger partial charge in [0.15, 0.2) is 5.76 Å². The zero-order valence-electron chi connectivity index (χ0n) is 13.5. The number of hydrogen-bond donors (Lipinski definition) is 0. The van der Waals surface area contributed by atoms with Crippen LogP contribution in [0.15, 0.2) is 28.8 Å². The Bertz CT molecular complexity index is 696. The van der Waals surface area contributed by atoms with Gasteiger partial charge in [0.1, 0.15) is 0 Å². The van der Waals surface area contributed by atoms with Gasteiger partial charge in [-0.15, -0.1) is 11.3 Å². The van der Waals surface area contributed by atoms with E-state index < -0.39 is 0 Å². The molecule has 3 rings (SSSR count). The molecule has 1 aliphatic heterocycles. The van der Waals surface area contributed by atoms with Crippen LogP contribution in [0, 0.1) is 13.8 Å². The molecule has 2 aromatic rings. The van der Waals surface area contributed by atoms with Gasteiger partial charge < -0.3 is 9.42 Å². The molecule has 23 heavy (non-hydrogen) atoms. The van der Waals surface area contributed by atoms with E-state index in [1.807, 2.05) is 30.0 Å². The fourth-order valence-corrected chi connectivity index (χ4v) is 3.42. The summed E-state index contributed by atoms with van der Waals surface area (Å²) >= 11 is 1.70. The van der Waals surface area contributed by atoms with Gasteiger partial charge in [-0.05, 0) is 32.1 Å². The van der Waals surface area contributed by atoms with E-state index in [1.54, 1.807) is 17.4 Å². The van der Waals surface area contributed by atoms with Gasteiger partial charge in [-0.25, -0.2) is 0 Å². The molecule has 6 heteroatoms. The average Bonchev–Trinajstić information content (AvgIpc) is 3.14. The van der Waals surface area contributed by atoms with Gasteiger partial charge in [0.2, 0.25) is 5.91 Å². The largest absolute Gasteiger partial charge is 0.360 e. The molecule has 1 aliphatic rings. The van der Waals surface area contributed by atoms with Gasteiger partial charge in [0.25, 0.3) is 0 Å². The van der Waals surface area contributed by atoms with Gasteiger partial charge in [-0.1, -0.05) is 5.16 Å². The number of hydrogen-bond acceptors (Lipinski definition) is 5. The second kappa shape index (κ2) is 7.10. The zero-order valence-corrected chi connectivity index (χ0v) is 14.3.